The van der Waals surface area contributed by atoms with Crippen molar-refractivity contribution in [2.45, 2.75) is 44.6 Å². The average Bonchev–Trinajstić information content (AvgIpc) is 3.45. The molecular formula is C24H23N9O2. The van der Waals surface area contributed by atoms with Crippen molar-refractivity contribution in [1.82, 2.24) is 29.3 Å². The Bertz CT molecular complexity index is 1520. The predicted molar refractivity (Wildman–Crippen MR) is 127 cm³/mol. The van der Waals surface area contributed by atoms with Gasteiger partial charge >= 0.3 is 0 Å². The van der Waals surface area contributed by atoms with Crippen LogP contribution in [0.1, 0.15) is 43.9 Å². The molecule has 1 aliphatic heterocycles. The summed E-state index contributed by atoms with van der Waals surface area (Å²) < 4.78 is 9.82. The fraction of sp³-hybridized carbons (Fsp3) is 0.333. The number of nitriles is 1. The third-order valence-electron chi connectivity index (χ3n) is 6.92. The summed E-state index contributed by atoms with van der Waals surface area (Å²) in [5.41, 5.74) is 2.87. The lowest BCUT2D eigenvalue weighted by atomic mass is 9.66. The summed E-state index contributed by atoms with van der Waals surface area (Å²) in [5.74, 6) is 2.09. The van der Waals surface area contributed by atoms with E-state index in [0.29, 0.717) is 39.7 Å². The Balaban J connectivity index is 1.31. The Morgan fingerprint density at radius 3 is 2.83 bits per heavy atom. The molecule has 0 unspecified atom stereocenters. The minimum Gasteiger partial charge on any atom is -0.454 e. The summed E-state index contributed by atoms with van der Waals surface area (Å²) >= 11 is 0. The summed E-state index contributed by atoms with van der Waals surface area (Å²) in [6.45, 7) is 2.34. The molecule has 0 aromatic carbocycles. The molecule has 1 spiro atoms. The summed E-state index contributed by atoms with van der Waals surface area (Å²) in [4.78, 5) is 24.4. The second-order valence-electron chi connectivity index (χ2n) is 9.08. The lowest BCUT2D eigenvalue weighted by Gasteiger charge is -2.37. The first kappa shape index (κ1) is 21.1. The lowest BCUT2D eigenvalue weighted by Crippen LogP contribution is -2.31. The van der Waals surface area contributed by atoms with Crippen molar-refractivity contribution in [3.63, 3.8) is 0 Å². The van der Waals surface area contributed by atoms with Gasteiger partial charge in [-0.2, -0.15) is 15.3 Å². The molecule has 11 nitrogen and oxygen atoms in total. The van der Waals surface area contributed by atoms with E-state index in [1.165, 1.54) is 50.7 Å². The molecule has 0 bridgehead atoms. The van der Waals surface area contributed by atoms with Crippen molar-refractivity contribution in [2.75, 3.05) is 10.6 Å². The highest BCUT2D eigenvalue weighted by molar-refractivity contribution is 5.88. The maximum absolute atomic E-state index is 11.3. The standard InChI is InChI=1S/C24H23N9O2/c1-14(34)28-19-10-15(4-8-26-19)35-17-13-27-22-21(16(17)12-25)32(2)23(30-22)29-20-11-18-24(5-3-6-24)7-9-33(18)31-20/h4,8,10-11,13H,3,5-7,9H2,1-2H3,(H,26,28,34)(H,27,29,30,31). The van der Waals surface area contributed by atoms with Gasteiger partial charge in [-0.3, -0.25) is 9.48 Å². The Kier molecular flexibility index (Phi) is 4.70. The van der Waals surface area contributed by atoms with Crippen molar-refractivity contribution in [3.05, 3.63) is 41.9 Å². The van der Waals surface area contributed by atoms with Gasteiger partial charge in [0.1, 0.15) is 28.7 Å². The summed E-state index contributed by atoms with van der Waals surface area (Å²) in [6, 6.07) is 7.56. The minimum absolute atomic E-state index is 0.240. The molecule has 0 radical (unpaired) electrons. The molecule has 4 aromatic heterocycles. The summed E-state index contributed by atoms with van der Waals surface area (Å²) in [6.07, 6.45) is 7.89. The lowest BCUT2D eigenvalue weighted by molar-refractivity contribution is -0.114. The van der Waals surface area contributed by atoms with Crippen LogP contribution in [0.25, 0.3) is 11.2 Å². The van der Waals surface area contributed by atoms with E-state index in [-0.39, 0.29) is 11.7 Å². The maximum Gasteiger partial charge on any atom is 0.222 e. The van der Waals surface area contributed by atoms with Crippen LogP contribution in [-0.4, -0.2) is 35.2 Å². The molecule has 4 aromatic rings. The van der Waals surface area contributed by atoms with E-state index in [0.717, 1.165) is 12.4 Å². The molecule has 0 saturated heterocycles. The van der Waals surface area contributed by atoms with Crippen LogP contribution in [0, 0.1) is 11.3 Å². The number of carbonyl (C=O) groups excluding carboxylic acids is 1. The van der Waals surface area contributed by atoms with E-state index >= 15 is 0 Å². The molecule has 1 fully saturated rings. The van der Waals surface area contributed by atoms with Crippen LogP contribution in [0.2, 0.25) is 0 Å². The van der Waals surface area contributed by atoms with Crippen LogP contribution in [0.4, 0.5) is 17.6 Å². The zero-order chi connectivity index (χ0) is 24.2. The van der Waals surface area contributed by atoms with Gasteiger partial charge in [0.25, 0.3) is 0 Å². The number of rotatable bonds is 5. The summed E-state index contributed by atoms with van der Waals surface area (Å²) in [7, 11) is 1.82. The number of ether oxygens (including phenoxy) is 1. The Labute approximate surface area is 200 Å². The van der Waals surface area contributed by atoms with E-state index in [9.17, 15) is 10.1 Å². The van der Waals surface area contributed by atoms with Crippen molar-refractivity contribution < 1.29 is 9.53 Å². The Morgan fingerprint density at radius 1 is 1.23 bits per heavy atom. The third-order valence-corrected chi connectivity index (χ3v) is 6.92. The van der Waals surface area contributed by atoms with Crippen molar-refractivity contribution >= 4 is 34.7 Å². The monoisotopic (exact) mass is 469 g/mol. The van der Waals surface area contributed by atoms with E-state index < -0.39 is 0 Å². The molecule has 1 aliphatic carbocycles. The van der Waals surface area contributed by atoms with Gasteiger partial charge in [-0.05, 0) is 25.3 Å². The van der Waals surface area contributed by atoms with Crippen LogP contribution in [0.15, 0.2) is 30.6 Å². The van der Waals surface area contributed by atoms with Gasteiger partial charge in [0.2, 0.25) is 11.9 Å². The third kappa shape index (κ3) is 3.45. The summed E-state index contributed by atoms with van der Waals surface area (Å²) in [5, 5.41) is 20.6. The van der Waals surface area contributed by atoms with E-state index in [4.69, 9.17) is 9.84 Å². The highest BCUT2D eigenvalue weighted by Gasteiger charge is 2.45. The number of fused-ring (bicyclic) bond motifs is 3. The number of hydrogen-bond donors (Lipinski definition) is 2. The van der Waals surface area contributed by atoms with Gasteiger partial charge in [0.15, 0.2) is 17.2 Å². The van der Waals surface area contributed by atoms with E-state index in [1.807, 2.05) is 7.05 Å². The number of nitrogens with zero attached hydrogens (tertiary/aromatic N) is 7. The van der Waals surface area contributed by atoms with Gasteiger partial charge in [-0.25, -0.2) is 9.97 Å². The van der Waals surface area contributed by atoms with Crippen molar-refractivity contribution in [2.24, 2.45) is 7.05 Å². The van der Waals surface area contributed by atoms with Crippen molar-refractivity contribution in [1.29, 1.82) is 5.26 Å². The quantitative estimate of drug-likeness (QED) is 0.451. The maximum atomic E-state index is 11.3. The SMILES string of the molecule is CC(=O)Nc1cc(Oc2cnc3nc(Nc4cc5n(n4)CCC54CCC4)n(C)c3c2C#N)ccn1. The minimum atomic E-state index is -0.240. The van der Waals surface area contributed by atoms with Crippen LogP contribution in [0.3, 0.4) is 0 Å². The molecule has 5 heterocycles. The molecule has 2 N–H and O–H groups in total. The zero-order valence-electron chi connectivity index (χ0n) is 19.4. The van der Waals surface area contributed by atoms with Crippen LogP contribution < -0.4 is 15.4 Å². The predicted octanol–water partition coefficient (Wildman–Crippen LogP) is 3.75. The van der Waals surface area contributed by atoms with Crippen LogP contribution in [-0.2, 0) is 23.8 Å². The van der Waals surface area contributed by atoms with Crippen LogP contribution in [0.5, 0.6) is 11.5 Å². The second kappa shape index (κ2) is 7.80. The number of aryl methyl sites for hydroxylation is 2. The zero-order valence-corrected chi connectivity index (χ0v) is 19.4. The van der Waals surface area contributed by atoms with Crippen molar-refractivity contribution in [3.8, 4) is 17.6 Å². The van der Waals surface area contributed by atoms with Gasteiger partial charge < -0.3 is 19.9 Å². The van der Waals surface area contributed by atoms with E-state index in [1.54, 1.807) is 16.7 Å². The highest BCUT2D eigenvalue weighted by atomic mass is 16.5. The van der Waals surface area contributed by atoms with Gasteiger partial charge in [-0.15, -0.1) is 0 Å². The number of anilines is 3. The smallest absolute Gasteiger partial charge is 0.222 e. The number of nitrogens with one attached hydrogen (secondary N) is 2. The van der Waals surface area contributed by atoms with E-state index in [2.05, 4.69) is 42.4 Å². The highest BCUT2D eigenvalue weighted by Crippen LogP contribution is 2.50. The molecule has 1 saturated carbocycles. The first-order chi connectivity index (χ1) is 17.0. The fourth-order valence-electron chi connectivity index (χ4n) is 5.05. The first-order valence-electron chi connectivity index (χ1n) is 11.5. The normalized spacial score (nSPS) is 15.5. The molecule has 11 heteroatoms. The number of amides is 1. The van der Waals surface area contributed by atoms with Gasteiger partial charge in [0, 0.05) is 50.0 Å². The average molecular weight is 470 g/mol. The number of aromatic nitrogens is 6. The molecule has 1 amide bonds. The fourth-order valence-corrected chi connectivity index (χ4v) is 5.05. The molecule has 176 valence electrons. The molecular weight excluding hydrogens is 446 g/mol. The Hall–Kier alpha value is -4.46. The topological polar surface area (TPSA) is 136 Å². The van der Waals surface area contributed by atoms with Gasteiger partial charge in [-0.1, -0.05) is 6.42 Å². The van der Waals surface area contributed by atoms with Crippen LogP contribution >= 0.6 is 0 Å². The first-order valence-corrected chi connectivity index (χ1v) is 11.5. The number of hydrogen-bond acceptors (Lipinski definition) is 8. The molecule has 0 atom stereocenters. The largest absolute Gasteiger partial charge is 0.454 e. The number of carbonyl (C=O) groups is 1. The molecule has 2 aliphatic rings. The molecule has 35 heavy (non-hydrogen) atoms. The van der Waals surface area contributed by atoms with Gasteiger partial charge in [0.05, 0.1) is 6.20 Å². The number of imidazole rings is 1. The molecule has 6 rings (SSSR count). The second-order valence-corrected chi connectivity index (χ2v) is 9.08. The Morgan fingerprint density at radius 2 is 2.09 bits per heavy atom. The number of pyridine rings is 2.